The molecule has 0 aliphatic heterocycles. The van der Waals surface area contributed by atoms with E-state index in [1.54, 1.807) is 49.4 Å². The number of ether oxygens (including phenoxy) is 1. The van der Waals surface area contributed by atoms with Gasteiger partial charge in [0, 0.05) is 5.39 Å². The Morgan fingerprint density at radius 1 is 0.806 bits per heavy atom. The number of benzene rings is 3. The molecule has 0 saturated heterocycles. The number of fused-ring (bicyclic) bond motifs is 2. The lowest BCUT2D eigenvalue weighted by molar-refractivity contribution is 0.0524. The lowest BCUT2D eigenvalue weighted by atomic mass is 9.85. The average Bonchev–Trinajstić information content (AvgIpc) is 2.89. The molecule has 0 saturated carbocycles. The molecule has 1 atom stereocenters. The zero-order valence-corrected chi connectivity index (χ0v) is 19.1. The summed E-state index contributed by atoms with van der Waals surface area (Å²) in [5.74, 6) is -3.25. The van der Waals surface area contributed by atoms with Gasteiger partial charge in [-0.05, 0) is 36.8 Å². The summed E-state index contributed by atoms with van der Waals surface area (Å²) in [6.07, 6.45) is 0. The fourth-order valence-electron chi connectivity index (χ4n) is 4.37. The summed E-state index contributed by atoms with van der Waals surface area (Å²) < 4.78 is 16.2. The standard InChI is InChI=1S/C28H20O8/c1-2-34-26(31)17-11-5-3-9-15(17)21(22-23(29)19-13-7-8-14-20(19)35-28(22)33)25-24(30)16-10-4-6-12-18(16)27(32)36-25/h3-14,21,29-30H,2H2,1H3. The second-order valence-corrected chi connectivity index (χ2v) is 8.04. The number of hydrogen-bond acceptors (Lipinski definition) is 8. The van der Waals surface area contributed by atoms with Crippen molar-refractivity contribution in [2.75, 3.05) is 6.61 Å². The molecule has 0 radical (unpaired) electrons. The van der Waals surface area contributed by atoms with Gasteiger partial charge in [-0.1, -0.05) is 48.5 Å². The van der Waals surface area contributed by atoms with Crippen molar-refractivity contribution in [1.82, 2.24) is 0 Å². The van der Waals surface area contributed by atoms with Gasteiger partial charge in [-0.15, -0.1) is 0 Å². The Morgan fingerprint density at radius 2 is 1.44 bits per heavy atom. The summed E-state index contributed by atoms with van der Waals surface area (Å²) in [4.78, 5) is 39.0. The third kappa shape index (κ3) is 3.69. The summed E-state index contributed by atoms with van der Waals surface area (Å²) in [7, 11) is 0. The van der Waals surface area contributed by atoms with Gasteiger partial charge in [-0.2, -0.15) is 0 Å². The van der Waals surface area contributed by atoms with Crippen molar-refractivity contribution in [1.29, 1.82) is 0 Å². The van der Waals surface area contributed by atoms with Crippen LogP contribution >= 0.6 is 0 Å². The molecule has 8 nitrogen and oxygen atoms in total. The van der Waals surface area contributed by atoms with Crippen molar-refractivity contribution in [3.8, 4) is 11.5 Å². The van der Waals surface area contributed by atoms with Crippen molar-refractivity contribution in [2.24, 2.45) is 0 Å². The molecule has 2 heterocycles. The van der Waals surface area contributed by atoms with Gasteiger partial charge in [-0.25, -0.2) is 14.4 Å². The van der Waals surface area contributed by atoms with Crippen LogP contribution < -0.4 is 11.3 Å². The highest BCUT2D eigenvalue weighted by molar-refractivity contribution is 5.93. The van der Waals surface area contributed by atoms with Crippen molar-refractivity contribution in [2.45, 2.75) is 12.8 Å². The summed E-state index contributed by atoms with van der Waals surface area (Å²) in [6.45, 7) is 1.74. The van der Waals surface area contributed by atoms with Crippen LogP contribution in [0.5, 0.6) is 11.5 Å². The SMILES string of the molecule is CCOC(=O)c1ccccc1C(c1oc(=O)c2ccccc2c1O)c1c(O)c2ccccc2oc1=O. The second kappa shape index (κ2) is 9.07. The van der Waals surface area contributed by atoms with Crippen molar-refractivity contribution in [3.63, 3.8) is 0 Å². The van der Waals surface area contributed by atoms with Gasteiger partial charge in [0.25, 0.3) is 0 Å². The number of rotatable bonds is 5. The minimum Gasteiger partial charge on any atom is -0.507 e. The predicted molar refractivity (Wildman–Crippen MR) is 132 cm³/mol. The molecule has 2 aromatic heterocycles. The molecular formula is C28H20O8. The Bertz CT molecular complexity index is 1750. The van der Waals surface area contributed by atoms with Crippen LogP contribution in [0, 0.1) is 0 Å². The summed E-state index contributed by atoms with van der Waals surface area (Å²) in [5.41, 5.74) is -1.62. The summed E-state index contributed by atoms with van der Waals surface area (Å²) in [5, 5.41) is 23.0. The normalized spacial score (nSPS) is 12.0. The van der Waals surface area contributed by atoms with Crippen LogP contribution in [-0.4, -0.2) is 22.8 Å². The number of carbonyl (C=O) groups is 1. The van der Waals surface area contributed by atoms with Gasteiger partial charge in [0.05, 0.1) is 34.4 Å². The van der Waals surface area contributed by atoms with E-state index in [2.05, 4.69) is 0 Å². The van der Waals surface area contributed by atoms with E-state index in [-0.39, 0.29) is 50.8 Å². The molecule has 0 spiro atoms. The van der Waals surface area contributed by atoms with E-state index in [0.29, 0.717) is 0 Å². The van der Waals surface area contributed by atoms with E-state index in [0.717, 1.165) is 0 Å². The lowest BCUT2D eigenvalue weighted by Crippen LogP contribution is -2.20. The van der Waals surface area contributed by atoms with E-state index in [4.69, 9.17) is 13.6 Å². The molecule has 5 rings (SSSR count). The van der Waals surface area contributed by atoms with Crippen LogP contribution in [0.4, 0.5) is 0 Å². The highest BCUT2D eigenvalue weighted by Crippen LogP contribution is 2.43. The van der Waals surface area contributed by atoms with Crippen LogP contribution in [0.2, 0.25) is 0 Å². The Morgan fingerprint density at radius 3 is 2.19 bits per heavy atom. The highest BCUT2D eigenvalue weighted by atomic mass is 16.5. The Kier molecular flexibility index (Phi) is 5.77. The first-order chi connectivity index (χ1) is 17.4. The summed E-state index contributed by atoms with van der Waals surface area (Å²) in [6, 6.07) is 18.9. The molecule has 2 N–H and O–H groups in total. The second-order valence-electron chi connectivity index (χ2n) is 8.04. The van der Waals surface area contributed by atoms with Gasteiger partial charge in [-0.3, -0.25) is 0 Å². The van der Waals surface area contributed by atoms with E-state index >= 15 is 0 Å². The fraction of sp³-hybridized carbons (Fsp3) is 0.107. The first-order valence-electron chi connectivity index (χ1n) is 11.2. The van der Waals surface area contributed by atoms with Crippen molar-refractivity contribution >= 4 is 27.7 Å². The van der Waals surface area contributed by atoms with Gasteiger partial charge in [0.1, 0.15) is 11.3 Å². The number of aromatic hydroxyl groups is 2. The Labute approximate surface area is 203 Å². The largest absolute Gasteiger partial charge is 0.507 e. The third-order valence-corrected chi connectivity index (χ3v) is 5.98. The predicted octanol–water partition coefficient (Wildman–Crippen LogP) is 4.67. The van der Waals surface area contributed by atoms with Gasteiger partial charge in [0.15, 0.2) is 11.5 Å². The minimum absolute atomic E-state index is 0.0616. The number of para-hydroxylation sites is 1. The maximum absolute atomic E-state index is 13.3. The van der Waals surface area contributed by atoms with Gasteiger partial charge in [0.2, 0.25) is 0 Å². The minimum atomic E-state index is -1.39. The monoisotopic (exact) mass is 484 g/mol. The van der Waals surface area contributed by atoms with E-state index in [1.165, 1.54) is 30.3 Å². The highest BCUT2D eigenvalue weighted by Gasteiger charge is 2.34. The molecule has 0 aliphatic rings. The van der Waals surface area contributed by atoms with E-state index in [9.17, 15) is 24.6 Å². The zero-order chi connectivity index (χ0) is 25.4. The average molecular weight is 484 g/mol. The maximum atomic E-state index is 13.3. The molecule has 0 aliphatic carbocycles. The van der Waals surface area contributed by atoms with Crippen LogP contribution in [0.15, 0.2) is 91.2 Å². The summed E-state index contributed by atoms with van der Waals surface area (Å²) >= 11 is 0. The third-order valence-electron chi connectivity index (χ3n) is 5.98. The molecular weight excluding hydrogens is 464 g/mol. The number of esters is 1. The van der Waals surface area contributed by atoms with Crippen molar-refractivity contribution < 1.29 is 28.6 Å². The first-order valence-corrected chi connectivity index (χ1v) is 11.2. The Balaban J connectivity index is 1.91. The first kappa shape index (κ1) is 22.9. The smallest absolute Gasteiger partial charge is 0.344 e. The van der Waals surface area contributed by atoms with Crippen LogP contribution in [-0.2, 0) is 4.74 Å². The van der Waals surface area contributed by atoms with E-state index < -0.39 is 34.6 Å². The Hall–Kier alpha value is -4.85. The quantitative estimate of drug-likeness (QED) is 0.272. The zero-order valence-electron chi connectivity index (χ0n) is 19.1. The molecule has 3 aromatic carbocycles. The molecule has 0 amide bonds. The van der Waals surface area contributed by atoms with Gasteiger partial charge < -0.3 is 23.8 Å². The van der Waals surface area contributed by atoms with Crippen molar-refractivity contribution in [3.05, 3.63) is 116 Å². The molecule has 5 aromatic rings. The topological polar surface area (TPSA) is 127 Å². The maximum Gasteiger partial charge on any atom is 0.344 e. The van der Waals surface area contributed by atoms with E-state index in [1.807, 2.05) is 0 Å². The molecule has 0 fully saturated rings. The van der Waals surface area contributed by atoms with Gasteiger partial charge >= 0.3 is 17.2 Å². The molecule has 180 valence electrons. The fourth-order valence-corrected chi connectivity index (χ4v) is 4.37. The molecule has 1 unspecified atom stereocenters. The van der Waals surface area contributed by atoms with Crippen LogP contribution in [0.25, 0.3) is 21.7 Å². The molecule has 36 heavy (non-hydrogen) atoms. The molecule has 8 heteroatoms. The van der Waals surface area contributed by atoms with Crippen LogP contribution in [0.1, 0.15) is 40.1 Å². The van der Waals surface area contributed by atoms with Crippen LogP contribution in [0.3, 0.4) is 0 Å². The lowest BCUT2D eigenvalue weighted by Gasteiger charge is -2.21. The number of carbonyl (C=O) groups excluding carboxylic acids is 1. The number of hydrogen-bond donors (Lipinski definition) is 2. The molecule has 0 bridgehead atoms.